The smallest absolute Gasteiger partial charge is 0.255 e. The van der Waals surface area contributed by atoms with E-state index in [2.05, 4.69) is 15.4 Å². The maximum atomic E-state index is 13.6. The molecule has 118 valence electrons. The molecule has 6 nitrogen and oxygen atoms in total. The Kier molecular flexibility index (Phi) is 3.92. The minimum atomic E-state index is -0.557. The number of benzene rings is 1. The Balaban J connectivity index is 1.96. The zero-order chi connectivity index (χ0) is 16.4. The Morgan fingerprint density at radius 2 is 2.17 bits per heavy atom. The molecule has 1 N–H and O–H groups in total. The summed E-state index contributed by atoms with van der Waals surface area (Å²) in [7, 11) is 3.56. The van der Waals surface area contributed by atoms with Gasteiger partial charge in [-0.15, -0.1) is 0 Å². The fraction of sp³-hybridized carbons (Fsp3) is 0.188. The third-order valence-electron chi connectivity index (χ3n) is 3.54. The molecule has 0 spiro atoms. The van der Waals surface area contributed by atoms with Crippen molar-refractivity contribution in [1.29, 1.82) is 0 Å². The lowest BCUT2D eigenvalue weighted by Gasteiger charge is -2.19. The van der Waals surface area contributed by atoms with Gasteiger partial charge in [0.2, 0.25) is 0 Å². The van der Waals surface area contributed by atoms with Crippen molar-refractivity contribution in [3.05, 3.63) is 71.8 Å². The molecule has 0 radical (unpaired) electrons. The standard InChI is InChI=1S/C16H16FN5O/c1-21-7-6-18-15(21)14(11-4-3-5-13(17)8-11)20-16(23)12-9-19-22(2)10-12/h3-10,14H,1-2H3,(H,20,23). The Bertz CT molecular complexity index is 838. The Morgan fingerprint density at radius 3 is 2.78 bits per heavy atom. The van der Waals surface area contributed by atoms with Gasteiger partial charge >= 0.3 is 0 Å². The SMILES string of the molecule is Cn1cc(C(=O)NC(c2cccc(F)c2)c2nccn2C)cn1. The van der Waals surface area contributed by atoms with E-state index in [1.807, 2.05) is 7.05 Å². The van der Waals surface area contributed by atoms with Crippen LogP contribution in [-0.4, -0.2) is 25.2 Å². The summed E-state index contributed by atoms with van der Waals surface area (Å²) in [5.41, 5.74) is 1.06. The van der Waals surface area contributed by atoms with Crippen LogP contribution in [0.4, 0.5) is 4.39 Å². The van der Waals surface area contributed by atoms with Gasteiger partial charge in [0.15, 0.2) is 0 Å². The van der Waals surface area contributed by atoms with Crippen LogP contribution < -0.4 is 5.32 Å². The molecule has 0 fully saturated rings. The molecule has 2 aromatic heterocycles. The first-order valence-corrected chi connectivity index (χ1v) is 7.07. The predicted molar refractivity (Wildman–Crippen MR) is 82.1 cm³/mol. The highest BCUT2D eigenvalue weighted by molar-refractivity contribution is 5.94. The molecule has 0 bridgehead atoms. The van der Waals surface area contributed by atoms with Gasteiger partial charge in [0, 0.05) is 32.7 Å². The summed E-state index contributed by atoms with van der Waals surface area (Å²) in [6.07, 6.45) is 6.52. The van der Waals surface area contributed by atoms with Crippen LogP contribution in [0.2, 0.25) is 0 Å². The van der Waals surface area contributed by atoms with Crippen LogP contribution in [0.1, 0.15) is 27.8 Å². The molecule has 3 rings (SSSR count). The highest BCUT2D eigenvalue weighted by Gasteiger charge is 2.22. The minimum absolute atomic E-state index is 0.296. The molecule has 1 aromatic carbocycles. The Morgan fingerprint density at radius 1 is 1.35 bits per heavy atom. The number of hydrogen-bond acceptors (Lipinski definition) is 3. The van der Waals surface area contributed by atoms with Crippen LogP contribution in [0.3, 0.4) is 0 Å². The molecule has 0 aliphatic carbocycles. The number of carbonyl (C=O) groups is 1. The fourth-order valence-electron chi connectivity index (χ4n) is 2.39. The van der Waals surface area contributed by atoms with Gasteiger partial charge in [-0.1, -0.05) is 12.1 Å². The van der Waals surface area contributed by atoms with Crippen molar-refractivity contribution in [2.45, 2.75) is 6.04 Å². The Hall–Kier alpha value is -2.96. The summed E-state index contributed by atoms with van der Waals surface area (Å²) in [4.78, 5) is 16.7. The van der Waals surface area contributed by atoms with Crippen LogP contribution in [0.25, 0.3) is 0 Å². The number of rotatable bonds is 4. The second-order valence-electron chi connectivity index (χ2n) is 5.26. The van der Waals surface area contributed by atoms with Gasteiger partial charge in [-0.2, -0.15) is 5.10 Å². The summed E-state index contributed by atoms with van der Waals surface area (Å²) < 4.78 is 16.9. The number of amides is 1. The van der Waals surface area contributed by atoms with Crippen LogP contribution in [0.15, 0.2) is 49.1 Å². The largest absolute Gasteiger partial charge is 0.338 e. The first-order valence-electron chi connectivity index (χ1n) is 7.07. The van der Waals surface area contributed by atoms with Crippen molar-refractivity contribution in [2.24, 2.45) is 14.1 Å². The number of hydrogen-bond donors (Lipinski definition) is 1. The van der Waals surface area contributed by atoms with Gasteiger partial charge in [0.25, 0.3) is 5.91 Å². The number of halogens is 1. The molecular weight excluding hydrogens is 297 g/mol. The molecule has 1 amide bonds. The lowest BCUT2D eigenvalue weighted by Crippen LogP contribution is -2.31. The number of nitrogens with zero attached hydrogens (tertiary/aromatic N) is 4. The van der Waals surface area contributed by atoms with Crippen LogP contribution >= 0.6 is 0 Å². The zero-order valence-electron chi connectivity index (χ0n) is 12.8. The van der Waals surface area contributed by atoms with E-state index < -0.39 is 6.04 Å². The van der Waals surface area contributed by atoms with Gasteiger partial charge in [-0.3, -0.25) is 9.48 Å². The van der Waals surface area contributed by atoms with Gasteiger partial charge in [-0.05, 0) is 17.7 Å². The van der Waals surface area contributed by atoms with Gasteiger partial charge in [0.05, 0.1) is 11.8 Å². The molecule has 0 aliphatic rings. The van der Waals surface area contributed by atoms with E-state index in [-0.39, 0.29) is 11.7 Å². The number of aromatic nitrogens is 4. The summed E-state index contributed by atoms with van der Waals surface area (Å²) in [6.45, 7) is 0. The van der Waals surface area contributed by atoms with Gasteiger partial charge < -0.3 is 9.88 Å². The monoisotopic (exact) mass is 313 g/mol. The van der Waals surface area contributed by atoms with E-state index in [0.29, 0.717) is 17.0 Å². The van der Waals surface area contributed by atoms with Crippen LogP contribution in [0, 0.1) is 5.82 Å². The maximum absolute atomic E-state index is 13.6. The van der Waals surface area contributed by atoms with Crippen LogP contribution in [0.5, 0.6) is 0 Å². The summed E-state index contributed by atoms with van der Waals surface area (Å²) in [5, 5.41) is 6.88. The molecule has 2 heterocycles. The second-order valence-corrected chi connectivity index (χ2v) is 5.26. The molecule has 3 aromatic rings. The average molecular weight is 313 g/mol. The number of aryl methyl sites for hydroxylation is 2. The van der Waals surface area contributed by atoms with E-state index in [1.165, 1.54) is 18.3 Å². The molecule has 1 atom stereocenters. The number of nitrogens with one attached hydrogen (secondary N) is 1. The predicted octanol–water partition coefficient (Wildman–Crippen LogP) is 1.81. The third kappa shape index (κ3) is 3.13. The summed E-state index contributed by atoms with van der Waals surface area (Å²) in [5.74, 6) is -0.0412. The van der Waals surface area contributed by atoms with E-state index >= 15 is 0 Å². The van der Waals surface area contributed by atoms with Crippen molar-refractivity contribution in [3.8, 4) is 0 Å². The average Bonchev–Trinajstić information content (AvgIpc) is 3.13. The summed E-state index contributed by atoms with van der Waals surface area (Å²) >= 11 is 0. The van der Waals surface area contributed by atoms with E-state index in [1.54, 1.807) is 47.0 Å². The topological polar surface area (TPSA) is 64.7 Å². The van der Waals surface area contributed by atoms with E-state index in [9.17, 15) is 9.18 Å². The van der Waals surface area contributed by atoms with Gasteiger partial charge in [-0.25, -0.2) is 9.37 Å². The molecule has 0 saturated carbocycles. The lowest BCUT2D eigenvalue weighted by molar-refractivity contribution is 0.0941. The fourth-order valence-corrected chi connectivity index (χ4v) is 2.39. The van der Waals surface area contributed by atoms with Crippen molar-refractivity contribution in [3.63, 3.8) is 0 Å². The molecular formula is C16H16FN5O. The first-order chi connectivity index (χ1) is 11.0. The first kappa shape index (κ1) is 15.0. The molecule has 23 heavy (non-hydrogen) atoms. The highest BCUT2D eigenvalue weighted by atomic mass is 19.1. The lowest BCUT2D eigenvalue weighted by atomic mass is 10.1. The second kappa shape index (κ2) is 6.04. The van der Waals surface area contributed by atoms with E-state index in [4.69, 9.17) is 0 Å². The molecule has 7 heteroatoms. The molecule has 0 saturated heterocycles. The quantitative estimate of drug-likeness (QED) is 0.799. The normalized spacial score (nSPS) is 12.1. The molecule has 1 unspecified atom stereocenters. The third-order valence-corrected chi connectivity index (χ3v) is 3.54. The number of imidazole rings is 1. The molecule has 0 aliphatic heterocycles. The van der Waals surface area contributed by atoms with Crippen molar-refractivity contribution < 1.29 is 9.18 Å². The van der Waals surface area contributed by atoms with Crippen molar-refractivity contribution >= 4 is 5.91 Å². The zero-order valence-corrected chi connectivity index (χ0v) is 12.8. The van der Waals surface area contributed by atoms with E-state index in [0.717, 1.165) is 0 Å². The summed E-state index contributed by atoms with van der Waals surface area (Å²) in [6, 6.07) is 5.56. The minimum Gasteiger partial charge on any atom is -0.338 e. The number of carbonyl (C=O) groups excluding carboxylic acids is 1. The van der Waals surface area contributed by atoms with Crippen molar-refractivity contribution in [2.75, 3.05) is 0 Å². The Labute approximate surface area is 132 Å². The maximum Gasteiger partial charge on any atom is 0.255 e. The van der Waals surface area contributed by atoms with Gasteiger partial charge in [0.1, 0.15) is 17.7 Å². The van der Waals surface area contributed by atoms with Crippen molar-refractivity contribution in [1.82, 2.24) is 24.6 Å². The highest BCUT2D eigenvalue weighted by Crippen LogP contribution is 2.21. The van der Waals surface area contributed by atoms with Crippen LogP contribution in [-0.2, 0) is 14.1 Å².